The molecule has 5 N–H and O–H groups in total. The number of carbonyl (C=O) groups excluding carboxylic acids is 1. The maximum atomic E-state index is 12.2. The molecule has 0 unspecified atom stereocenters. The quantitative estimate of drug-likeness (QED) is 0.644. The molecular formula is C17H20N2O3. The molecule has 5 heteroatoms. The molecule has 1 atom stereocenters. The van der Waals surface area contributed by atoms with E-state index in [0.717, 1.165) is 5.56 Å². The lowest BCUT2D eigenvalue weighted by Gasteiger charge is -2.14. The minimum atomic E-state index is -0.669. The summed E-state index contributed by atoms with van der Waals surface area (Å²) < 4.78 is 0. The summed E-state index contributed by atoms with van der Waals surface area (Å²) in [7, 11) is 0. The largest absolute Gasteiger partial charge is 0.392 e. The molecule has 2 rings (SSSR count). The second kappa shape index (κ2) is 7.70. The molecule has 5 nitrogen and oxygen atoms in total. The van der Waals surface area contributed by atoms with Crippen LogP contribution in [-0.4, -0.2) is 22.2 Å². The van der Waals surface area contributed by atoms with Gasteiger partial charge in [0.05, 0.1) is 19.3 Å². The van der Waals surface area contributed by atoms with E-state index >= 15 is 0 Å². The van der Waals surface area contributed by atoms with Crippen molar-refractivity contribution < 1.29 is 15.0 Å². The number of benzene rings is 2. The fourth-order valence-corrected chi connectivity index (χ4v) is 2.21. The van der Waals surface area contributed by atoms with Crippen LogP contribution in [0.2, 0.25) is 0 Å². The number of aliphatic hydroxyl groups is 2. The predicted octanol–water partition coefficient (Wildman–Crippen LogP) is 1.18. The molecule has 0 fully saturated rings. The average Bonchev–Trinajstić information content (AvgIpc) is 2.55. The van der Waals surface area contributed by atoms with Crippen LogP contribution in [0.3, 0.4) is 0 Å². The number of anilines is 1. The van der Waals surface area contributed by atoms with Crippen molar-refractivity contribution in [2.75, 3.05) is 5.32 Å². The van der Waals surface area contributed by atoms with Gasteiger partial charge in [-0.1, -0.05) is 36.4 Å². The second-order valence-electron chi connectivity index (χ2n) is 5.14. The van der Waals surface area contributed by atoms with Crippen LogP contribution in [0, 0.1) is 0 Å². The van der Waals surface area contributed by atoms with E-state index in [1.807, 2.05) is 30.3 Å². The normalized spacial score (nSPS) is 12.0. The van der Waals surface area contributed by atoms with Gasteiger partial charge in [-0.25, -0.2) is 0 Å². The zero-order valence-electron chi connectivity index (χ0n) is 12.2. The molecule has 2 aromatic carbocycles. The van der Waals surface area contributed by atoms with E-state index in [2.05, 4.69) is 5.32 Å². The number of aliphatic hydroxyl groups excluding tert-OH is 2. The second-order valence-corrected chi connectivity index (χ2v) is 5.14. The van der Waals surface area contributed by atoms with Gasteiger partial charge in [0, 0.05) is 5.69 Å². The standard InChI is InChI=1S/C17H20N2O3/c18-16(9-12-4-2-1-3-5-12)17(22)19-15-7-13(10-20)6-14(8-15)11-21/h1-8,16,20-21H,9-11,18H2,(H,19,22)/t16-/m0/s1. The Bertz CT molecular complexity index is 607. The summed E-state index contributed by atoms with van der Waals surface area (Å²) in [6, 6.07) is 13.9. The van der Waals surface area contributed by atoms with Gasteiger partial charge in [-0.2, -0.15) is 0 Å². The summed E-state index contributed by atoms with van der Waals surface area (Å²) >= 11 is 0. The van der Waals surface area contributed by atoms with Gasteiger partial charge in [-0.3, -0.25) is 4.79 Å². The highest BCUT2D eigenvalue weighted by Gasteiger charge is 2.14. The van der Waals surface area contributed by atoms with Crippen molar-refractivity contribution in [3.05, 3.63) is 65.2 Å². The maximum Gasteiger partial charge on any atom is 0.241 e. The van der Waals surface area contributed by atoms with E-state index < -0.39 is 6.04 Å². The smallest absolute Gasteiger partial charge is 0.241 e. The molecule has 2 aromatic rings. The van der Waals surface area contributed by atoms with E-state index in [0.29, 0.717) is 23.2 Å². The predicted molar refractivity (Wildman–Crippen MR) is 85.0 cm³/mol. The molecule has 0 saturated heterocycles. The van der Waals surface area contributed by atoms with Gasteiger partial charge in [0.1, 0.15) is 0 Å². The minimum absolute atomic E-state index is 0.160. The highest BCUT2D eigenvalue weighted by atomic mass is 16.3. The van der Waals surface area contributed by atoms with Crippen molar-refractivity contribution in [2.45, 2.75) is 25.7 Å². The van der Waals surface area contributed by atoms with Gasteiger partial charge in [0.2, 0.25) is 5.91 Å². The first-order valence-corrected chi connectivity index (χ1v) is 7.07. The molecule has 116 valence electrons. The highest BCUT2D eigenvalue weighted by Crippen LogP contribution is 2.16. The zero-order chi connectivity index (χ0) is 15.9. The third-order valence-electron chi connectivity index (χ3n) is 3.32. The Hall–Kier alpha value is -2.21. The van der Waals surface area contributed by atoms with E-state index in [-0.39, 0.29) is 19.1 Å². The Balaban J connectivity index is 2.04. The molecule has 0 spiro atoms. The fraction of sp³-hybridized carbons (Fsp3) is 0.235. The molecule has 0 aliphatic carbocycles. The van der Waals surface area contributed by atoms with Gasteiger partial charge in [0.25, 0.3) is 0 Å². The molecule has 0 aliphatic heterocycles. The van der Waals surface area contributed by atoms with E-state index in [9.17, 15) is 15.0 Å². The van der Waals surface area contributed by atoms with Gasteiger partial charge in [0.15, 0.2) is 0 Å². The van der Waals surface area contributed by atoms with Crippen molar-refractivity contribution in [1.82, 2.24) is 0 Å². The van der Waals surface area contributed by atoms with Crippen molar-refractivity contribution in [3.8, 4) is 0 Å². The number of carbonyl (C=O) groups is 1. The fourth-order valence-electron chi connectivity index (χ4n) is 2.21. The highest BCUT2D eigenvalue weighted by molar-refractivity contribution is 5.95. The van der Waals surface area contributed by atoms with Gasteiger partial charge < -0.3 is 21.3 Å². The molecule has 22 heavy (non-hydrogen) atoms. The maximum absolute atomic E-state index is 12.2. The summed E-state index contributed by atoms with van der Waals surface area (Å²) in [5, 5.41) is 21.1. The topological polar surface area (TPSA) is 95.6 Å². The number of rotatable bonds is 6. The molecule has 1 amide bonds. The van der Waals surface area contributed by atoms with E-state index in [1.54, 1.807) is 18.2 Å². The van der Waals surface area contributed by atoms with Crippen LogP contribution in [0.1, 0.15) is 16.7 Å². The monoisotopic (exact) mass is 300 g/mol. The van der Waals surface area contributed by atoms with Crippen LogP contribution in [0.25, 0.3) is 0 Å². The molecule has 0 saturated carbocycles. The first-order valence-electron chi connectivity index (χ1n) is 7.07. The van der Waals surface area contributed by atoms with Crippen molar-refractivity contribution in [2.24, 2.45) is 5.73 Å². The van der Waals surface area contributed by atoms with Crippen molar-refractivity contribution in [1.29, 1.82) is 0 Å². The Morgan fingerprint density at radius 3 is 2.14 bits per heavy atom. The average molecular weight is 300 g/mol. The Labute approximate surface area is 129 Å². The Kier molecular flexibility index (Phi) is 5.66. The van der Waals surface area contributed by atoms with Crippen LogP contribution in [0.4, 0.5) is 5.69 Å². The lowest BCUT2D eigenvalue weighted by molar-refractivity contribution is -0.117. The summed E-state index contributed by atoms with van der Waals surface area (Å²) in [5.41, 5.74) is 8.68. The molecule has 0 heterocycles. The van der Waals surface area contributed by atoms with Crippen molar-refractivity contribution >= 4 is 11.6 Å². The van der Waals surface area contributed by atoms with Crippen LogP contribution >= 0.6 is 0 Å². The lowest BCUT2D eigenvalue weighted by atomic mass is 10.1. The third-order valence-corrected chi connectivity index (χ3v) is 3.32. The van der Waals surface area contributed by atoms with E-state index in [1.165, 1.54) is 0 Å². The van der Waals surface area contributed by atoms with Crippen LogP contribution in [0.5, 0.6) is 0 Å². The van der Waals surface area contributed by atoms with Crippen LogP contribution < -0.4 is 11.1 Å². The third kappa shape index (κ3) is 4.39. The molecule has 0 bridgehead atoms. The van der Waals surface area contributed by atoms with Gasteiger partial charge in [-0.05, 0) is 35.2 Å². The molecular weight excluding hydrogens is 280 g/mol. The first-order chi connectivity index (χ1) is 10.6. The Morgan fingerprint density at radius 1 is 1.00 bits per heavy atom. The van der Waals surface area contributed by atoms with Crippen molar-refractivity contribution in [3.63, 3.8) is 0 Å². The lowest BCUT2D eigenvalue weighted by Crippen LogP contribution is -2.37. The zero-order valence-corrected chi connectivity index (χ0v) is 12.2. The van der Waals surface area contributed by atoms with E-state index in [4.69, 9.17) is 5.73 Å². The summed E-state index contributed by atoms with van der Waals surface area (Å²) in [6.45, 7) is -0.320. The SMILES string of the molecule is N[C@@H](Cc1ccccc1)C(=O)Nc1cc(CO)cc(CO)c1. The number of hydrogen-bond acceptors (Lipinski definition) is 4. The van der Waals surface area contributed by atoms with Gasteiger partial charge >= 0.3 is 0 Å². The number of hydrogen-bond donors (Lipinski definition) is 4. The number of nitrogens with one attached hydrogen (secondary N) is 1. The molecule has 0 radical (unpaired) electrons. The number of amides is 1. The van der Waals surface area contributed by atoms with Crippen LogP contribution in [0.15, 0.2) is 48.5 Å². The summed E-state index contributed by atoms with van der Waals surface area (Å²) in [4.78, 5) is 12.2. The Morgan fingerprint density at radius 2 is 1.59 bits per heavy atom. The van der Waals surface area contributed by atoms with Crippen LogP contribution in [-0.2, 0) is 24.4 Å². The number of nitrogens with two attached hydrogens (primary N) is 1. The minimum Gasteiger partial charge on any atom is -0.392 e. The first kappa shape index (κ1) is 16.2. The summed E-state index contributed by atoms with van der Waals surface area (Å²) in [5.74, 6) is -0.303. The molecule has 0 aliphatic rings. The summed E-state index contributed by atoms with van der Waals surface area (Å²) in [6.07, 6.45) is 0.444. The van der Waals surface area contributed by atoms with Gasteiger partial charge in [-0.15, -0.1) is 0 Å². The molecule has 0 aromatic heterocycles.